The number of pyridine rings is 1. The second-order valence-corrected chi connectivity index (χ2v) is 4.53. The third-order valence-corrected chi connectivity index (χ3v) is 3.01. The quantitative estimate of drug-likeness (QED) is 0.585. The van der Waals surface area contributed by atoms with Crippen molar-refractivity contribution in [1.82, 2.24) is 9.38 Å². The van der Waals surface area contributed by atoms with Crippen molar-refractivity contribution in [2.75, 3.05) is 0 Å². The first-order chi connectivity index (χ1) is 8.15. The minimum absolute atomic E-state index is 0.287. The van der Waals surface area contributed by atoms with Gasteiger partial charge in [-0.2, -0.15) is 4.98 Å². The molecule has 0 aliphatic rings. The van der Waals surface area contributed by atoms with Gasteiger partial charge in [0.25, 0.3) is 5.56 Å². The molecular weight excluding hydrogens is 259 g/mol. The topological polar surface area (TPSA) is 34.4 Å². The van der Waals surface area contributed by atoms with E-state index in [1.54, 1.807) is 40.9 Å². The van der Waals surface area contributed by atoms with Crippen molar-refractivity contribution in [2.24, 2.45) is 0 Å². The van der Waals surface area contributed by atoms with Crippen molar-refractivity contribution >= 4 is 39.8 Å². The van der Waals surface area contributed by atoms with Gasteiger partial charge < -0.3 is 0 Å². The molecule has 0 N–H and O–H groups in total. The first kappa shape index (κ1) is 10.6. The zero-order valence-corrected chi connectivity index (χ0v) is 10.0. The van der Waals surface area contributed by atoms with E-state index in [2.05, 4.69) is 4.98 Å². The zero-order chi connectivity index (χ0) is 12.0. The first-order valence-electron chi connectivity index (χ1n) is 4.92. The SMILES string of the molecule is O=c1nc2ccc(Cl)cn2c2ccc(Cl)cc12. The summed E-state index contributed by atoms with van der Waals surface area (Å²) in [5.41, 5.74) is 1.02. The van der Waals surface area contributed by atoms with Crippen molar-refractivity contribution in [1.29, 1.82) is 0 Å². The van der Waals surface area contributed by atoms with Crippen molar-refractivity contribution < 1.29 is 0 Å². The van der Waals surface area contributed by atoms with Crippen molar-refractivity contribution in [3.8, 4) is 0 Å². The molecule has 2 heterocycles. The lowest BCUT2D eigenvalue weighted by atomic mass is 10.2. The fourth-order valence-electron chi connectivity index (χ4n) is 1.80. The number of aromatic nitrogens is 2. The highest BCUT2D eigenvalue weighted by Crippen LogP contribution is 2.18. The van der Waals surface area contributed by atoms with Gasteiger partial charge in [-0.1, -0.05) is 23.2 Å². The Morgan fingerprint density at radius 3 is 2.65 bits per heavy atom. The molecule has 0 saturated carbocycles. The van der Waals surface area contributed by atoms with Gasteiger partial charge in [0.15, 0.2) is 0 Å². The van der Waals surface area contributed by atoms with Crippen LogP contribution in [0.15, 0.2) is 41.3 Å². The van der Waals surface area contributed by atoms with E-state index >= 15 is 0 Å². The lowest BCUT2D eigenvalue weighted by molar-refractivity contribution is 1.13. The molecule has 0 aliphatic heterocycles. The van der Waals surface area contributed by atoms with Crippen molar-refractivity contribution in [3.05, 3.63) is 56.9 Å². The maximum Gasteiger partial charge on any atom is 0.281 e. The van der Waals surface area contributed by atoms with Crippen LogP contribution < -0.4 is 5.56 Å². The van der Waals surface area contributed by atoms with E-state index in [1.165, 1.54) is 0 Å². The van der Waals surface area contributed by atoms with Gasteiger partial charge in [0.1, 0.15) is 5.65 Å². The van der Waals surface area contributed by atoms with E-state index in [0.29, 0.717) is 21.1 Å². The van der Waals surface area contributed by atoms with Crippen LogP contribution in [0.4, 0.5) is 0 Å². The smallest absolute Gasteiger partial charge is 0.281 e. The van der Waals surface area contributed by atoms with Gasteiger partial charge >= 0.3 is 0 Å². The van der Waals surface area contributed by atoms with E-state index in [9.17, 15) is 4.79 Å². The van der Waals surface area contributed by atoms with Crippen LogP contribution in [0.1, 0.15) is 0 Å². The third kappa shape index (κ3) is 1.68. The van der Waals surface area contributed by atoms with Crippen LogP contribution in [0.3, 0.4) is 0 Å². The second kappa shape index (κ2) is 3.72. The van der Waals surface area contributed by atoms with Crippen molar-refractivity contribution in [3.63, 3.8) is 0 Å². The maximum atomic E-state index is 11.8. The third-order valence-electron chi connectivity index (χ3n) is 2.56. The van der Waals surface area contributed by atoms with Gasteiger partial charge in [-0.3, -0.25) is 9.20 Å². The monoisotopic (exact) mass is 264 g/mol. The lowest BCUT2D eigenvalue weighted by Gasteiger charge is -2.05. The summed E-state index contributed by atoms with van der Waals surface area (Å²) in [5.74, 6) is 0. The Labute approximate surface area is 106 Å². The van der Waals surface area contributed by atoms with E-state index in [4.69, 9.17) is 23.2 Å². The van der Waals surface area contributed by atoms with E-state index < -0.39 is 0 Å². The minimum Gasteiger partial charge on any atom is -0.299 e. The molecule has 3 rings (SSSR count). The summed E-state index contributed by atoms with van der Waals surface area (Å²) in [4.78, 5) is 15.8. The van der Waals surface area contributed by atoms with E-state index in [1.807, 2.05) is 0 Å². The molecule has 5 heteroatoms. The Balaban J connectivity index is 2.62. The molecule has 1 aromatic carbocycles. The zero-order valence-electron chi connectivity index (χ0n) is 8.52. The highest BCUT2D eigenvalue weighted by molar-refractivity contribution is 6.31. The number of hydrogen-bond acceptors (Lipinski definition) is 2. The summed E-state index contributed by atoms with van der Waals surface area (Å²) in [6, 6.07) is 8.53. The molecule has 0 aliphatic carbocycles. The Bertz CT molecular complexity index is 795. The van der Waals surface area contributed by atoms with E-state index in [-0.39, 0.29) is 5.56 Å². The summed E-state index contributed by atoms with van der Waals surface area (Å²) >= 11 is 11.8. The normalized spacial score (nSPS) is 11.2. The Morgan fingerprint density at radius 1 is 1.06 bits per heavy atom. The molecule has 17 heavy (non-hydrogen) atoms. The molecule has 3 aromatic rings. The molecule has 0 amide bonds. The van der Waals surface area contributed by atoms with Gasteiger partial charge in [0, 0.05) is 11.2 Å². The molecular formula is C12H6Cl2N2O. The van der Waals surface area contributed by atoms with Gasteiger partial charge in [-0.15, -0.1) is 0 Å². The molecule has 84 valence electrons. The summed E-state index contributed by atoms with van der Waals surface area (Å²) in [5, 5.41) is 1.58. The highest BCUT2D eigenvalue weighted by Gasteiger charge is 2.05. The van der Waals surface area contributed by atoms with Crippen molar-refractivity contribution in [2.45, 2.75) is 0 Å². The molecule has 2 aromatic heterocycles. The van der Waals surface area contributed by atoms with Crippen LogP contribution in [0.2, 0.25) is 10.0 Å². The van der Waals surface area contributed by atoms with Gasteiger partial charge in [-0.05, 0) is 30.3 Å². The molecule has 3 nitrogen and oxygen atoms in total. The molecule has 0 unspecified atom stereocenters. The predicted octanol–water partition coefficient (Wildman–Crippen LogP) is 3.15. The predicted molar refractivity (Wildman–Crippen MR) is 69.0 cm³/mol. The standard InChI is InChI=1S/C12H6Cl2N2O/c13-7-1-3-10-9(5-7)12(17)15-11-4-2-8(14)6-16(10)11/h1-6H. The minimum atomic E-state index is -0.287. The first-order valence-corrected chi connectivity index (χ1v) is 5.68. The van der Waals surface area contributed by atoms with Crippen LogP contribution >= 0.6 is 23.2 Å². The highest BCUT2D eigenvalue weighted by atomic mass is 35.5. The van der Waals surface area contributed by atoms with Gasteiger partial charge in [0.2, 0.25) is 0 Å². The molecule has 0 atom stereocenters. The summed E-state index contributed by atoms with van der Waals surface area (Å²) in [6.07, 6.45) is 1.72. The van der Waals surface area contributed by atoms with Crippen LogP contribution in [-0.2, 0) is 0 Å². The summed E-state index contributed by atoms with van der Waals surface area (Å²) in [6.45, 7) is 0. The number of halogens is 2. The molecule has 0 radical (unpaired) electrons. The average molecular weight is 265 g/mol. The maximum absolute atomic E-state index is 11.8. The Hall–Kier alpha value is -1.58. The number of benzene rings is 1. The lowest BCUT2D eigenvalue weighted by Crippen LogP contribution is -2.10. The molecule has 0 fully saturated rings. The summed E-state index contributed by atoms with van der Waals surface area (Å²) < 4.78 is 1.77. The second-order valence-electron chi connectivity index (χ2n) is 3.65. The molecule has 0 saturated heterocycles. The Morgan fingerprint density at radius 2 is 1.82 bits per heavy atom. The Kier molecular flexibility index (Phi) is 2.31. The number of fused-ring (bicyclic) bond motifs is 3. The molecule has 0 bridgehead atoms. The van der Waals surface area contributed by atoms with Crippen LogP contribution in [0, 0.1) is 0 Å². The number of nitrogens with zero attached hydrogens (tertiary/aromatic N) is 2. The van der Waals surface area contributed by atoms with Gasteiger partial charge in [0.05, 0.1) is 15.9 Å². The number of rotatable bonds is 0. The van der Waals surface area contributed by atoms with E-state index in [0.717, 1.165) is 5.52 Å². The van der Waals surface area contributed by atoms with Crippen LogP contribution in [0.5, 0.6) is 0 Å². The fourth-order valence-corrected chi connectivity index (χ4v) is 2.14. The van der Waals surface area contributed by atoms with Gasteiger partial charge in [-0.25, -0.2) is 0 Å². The number of hydrogen-bond donors (Lipinski definition) is 0. The average Bonchev–Trinajstić information content (AvgIpc) is 2.30. The van der Waals surface area contributed by atoms with Crippen LogP contribution in [0.25, 0.3) is 16.6 Å². The fraction of sp³-hybridized carbons (Fsp3) is 0. The summed E-state index contributed by atoms with van der Waals surface area (Å²) in [7, 11) is 0. The molecule has 0 spiro atoms. The van der Waals surface area contributed by atoms with Crippen LogP contribution in [-0.4, -0.2) is 9.38 Å². The largest absolute Gasteiger partial charge is 0.299 e.